The Bertz CT molecular complexity index is 594. The van der Waals surface area contributed by atoms with E-state index in [-0.39, 0.29) is 0 Å². The maximum Gasteiger partial charge on any atom is 0.190 e. The molecule has 2 aromatic rings. The van der Waals surface area contributed by atoms with Crippen molar-refractivity contribution in [2.24, 2.45) is 0 Å². The van der Waals surface area contributed by atoms with Crippen LogP contribution in [0.25, 0.3) is 0 Å². The van der Waals surface area contributed by atoms with E-state index in [9.17, 15) is 8.42 Å². The third kappa shape index (κ3) is 2.44. The first kappa shape index (κ1) is 12.8. The topological polar surface area (TPSA) is 61.8 Å². The Kier molecular flexibility index (Phi) is 3.79. The van der Waals surface area contributed by atoms with Gasteiger partial charge in [0.25, 0.3) is 0 Å². The van der Waals surface area contributed by atoms with E-state index < -0.39 is 15.1 Å². The molecule has 0 spiro atoms. The summed E-state index contributed by atoms with van der Waals surface area (Å²) in [7, 11) is -3.37. The van der Waals surface area contributed by atoms with Crippen LogP contribution in [-0.2, 0) is 9.84 Å². The van der Waals surface area contributed by atoms with Gasteiger partial charge in [-0.2, -0.15) is 0 Å². The first-order valence-electron chi connectivity index (χ1n) is 5.79. The van der Waals surface area contributed by atoms with Crippen LogP contribution in [0.3, 0.4) is 0 Å². The smallest absolute Gasteiger partial charge is 0.190 e. The quantitative estimate of drug-likeness (QED) is 0.906. The lowest BCUT2D eigenvalue weighted by Gasteiger charge is -2.14. The molecule has 0 aromatic heterocycles. The van der Waals surface area contributed by atoms with Crippen LogP contribution in [0.2, 0.25) is 0 Å². The van der Waals surface area contributed by atoms with Crippen molar-refractivity contribution in [1.29, 1.82) is 0 Å². The molecule has 0 bridgehead atoms. The summed E-state index contributed by atoms with van der Waals surface area (Å²) >= 11 is 0. The molecule has 0 radical (unpaired) electrons. The first-order valence-corrected chi connectivity index (χ1v) is 7.34. The molecule has 0 fully saturated rings. The van der Waals surface area contributed by atoms with E-state index in [0.717, 1.165) is 5.56 Å². The van der Waals surface area contributed by atoms with Crippen LogP contribution < -0.4 is 5.73 Å². The summed E-state index contributed by atoms with van der Waals surface area (Å²) in [6.07, 6.45) is 0. The van der Waals surface area contributed by atoms with Crippen LogP contribution in [0.5, 0.6) is 0 Å². The van der Waals surface area contributed by atoms with Crippen LogP contribution in [0.1, 0.15) is 10.8 Å². The molecule has 0 aliphatic carbocycles. The summed E-state index contributed by atoms with van der Waals surface area (Å²) in [5.74, 6) is 0. The highest BCUT2D eigenvalue weighted by atomic mass is 32.2. The number of hydrogen-bond acceptors (Lipinski definition) is 2. The van der Waals surface area contributed by atoms with Crippen LogP contribution in [-0.4, -0.2) is 15.0 Å². The van der Waals surface area contributed by atoms with Gasteiger partial charge in [0.2, 0.25) is 0 Å². The molecule has 2 aromatic carbocycles. The molecule has 3 N–H and O–H groups in total. The zero-order valence-corrected chi connectivity index (χ0v) is 10.8. The Morgan fingerprint density at radius 3 is 1.89 bits per heavy atom. The summed E-state index contributed by atoms with van der Waals surface area (Å²) in [6, 6.07) is 17.8. The fourth-order valence-electron chi connectivity index (χ4n) is 1.94. The van der Waals surface area contributed by atoms with Gasteiger partial charge in [0.05, 0.1) is 11.4 Å². The zero-order valence-electron chi connectivity index (χ0n) is 9.99. The summed E-state index contributed by atoms with van der Waals surface area (Å²) < 4.78 is 25.0. The fourth-order valence-corrected chi connectivity index (χ4v) is 3.63. The van der Waals surface area contributed by atoms with Crippen molar-refractivity contribution in [1.82, 2.24) is 0 Å². The summed E-state index contributed by atoms with van der Waals surface area (Å²) in [6.45, 7) is 0.321. The number of rotatable bonds is 4. The lowest BCUT2D eigenvalue weighted by Crippen LogP contribution is -2.54. The second-order valence-electron chi connectivity index (χ2n) is 4.05. The van der Waals surface area contributed by atoms with Crippen molar-refractivity contribution in [2.45, 2.75) is 10.1 Å². The van der Waals surface area contributed by atoms with Crippen molar-refractivity contribution in [3.05, 3.63) is 66.2 Å². The van der Waals surface area contributed by atoms with E-state index in [4.69, 9.17) is 0 Å². The van der Waals surface area contributed by atoms with Gasteiger partial charge in [0, 0.05) is 0 Å². The van der Waals surface area contributed by atoms with Gasteiger partial charge >= 0.3 is 0 Å². The van der Waals surface area contributed by atoms with E-state index in [1.54, 1.807) is 30.3 Å². The highest BCUT2D eigenvalue weighted by Gasteiger charge is 2.29. The Labute approximate surface area is 107 Å². The minimum absolute atomic E-state index is 0.321. The number of quaternary nitrogens is 1. The molecule has 18 heavy (non-hydrogen) atoms. The monoisotopic (exact) mass is 262 g/mol. The predicted octanol–water partition coefficient (Wildman–Crippen LogP) is 1.44. The van der Waals surface area contributed by atoms with Gasteiger partial charge in [-0.15, -0.1) is 0 Å². The van der Waals surface area contributed by atoms with Crippen molar-refractivity contribution >= 4 is 9.84 Å². The maximum absolute atomic E-state index is 12.5. The number of hydrogen-bond donors (Lipinski definition) is 1. The van der Waals surface area contributed by atoms with E-state index in [1.807, 2.05) is 30.3 Å². The Morgan fingerprint density at radius 2 is 1.39 bits per heavy atom. The lowest BCUT2D eigenvalue weighted by molar-refractivity contribution is -0.367. The van der Waals surface area contributed by atoms with Crippen molar-refractivity contribution in [3.63, 3.8) is 0 Å². The van der Waals surface area contributed by atoms with Crippen molar-refractivity contribution < 1.29 is 14.2 Å². The highest BCUT2D eigenvalue weighted by molar-refractivity contribution is 7.91. The summed E-state index contributed by atoms with van der Waals surface area (Å²) in [5.41, 5.74) is 4.56. The molecule has 2 rings (SSSR count). The molecule has 0 saturated carbocycles. The van der Waals surface area contributed by atoms with Crippen molar-refractivity contribution in [3.8, 4) is 0 Å². The molecule has 0 unspecified atom stereocenters. The second kappa shape index (κ2) is 5.33. The van der Waals surface area contributed by atoms with Gasteiger partial charge in [-0.3, -0.25) is 0 Å². The normalized spacial score (nSPS) is 13.2. The molecule has 0 amide bonds. The molecule has 0 aliphatic rings. The Hall–Kier alpha value is -1.65. The van der Waals surface area contributed by atoms with Gasteiger partial charge < -0.3 is 5.73 Å². The first-order chi connectivity index (χ1) is 8.66. The Morgan fingerprint density at radius 1 is 0.889 bits per heavy atom. The minimum Gasteiger partial charge on any atom is -0.356 e. The van der Waals surface area contributed by atoms with E-state index in [2.05, 4.69) is 5.73 Å². The molecular weight excluding hydrogens is 246 g/mol. The molecule has 94 valence electrons. The minimum atomic E-state index is -3.37. The van der Waals surface area contributed by atoms with Gasteiger partial charge in [0.15, 0.2) is 9.84 Å². The average Bonchev–Trinajstić information content (AvgIpc) is 2.41. The average molecular weight is 262 g/mol. The largest absolute Gasteiger partial charge is 0.356 e. The molecule has 0 saturated heterocycles. The number of sulfone groups is 1. The SMILES string of the molecule is [NH3+]C[C@@H](c1ccccc1)S(=O)(=O)c1ccccc1. The third-order valence-corrected chi connectivity index (χ3v) is 5.07. The summed E-state index contributed by atoms with van der Waals surface area (Å²) in [4.78, 5) is 0.350. The van der Waals surface area contributed by atoms with Crippen molar-refractivity contribution in [2.75, 3.05) is 6.54 Å². The maximum atomic E-state index is 12.5. The van der Waals surface area contributed by atoms with Gasteiger partial charge in [-0.05, 0) is 17.7 Å². The second-order valence-corrected chi connectivity index (χ2v) is 6.18. The van der Waals surface area contributed by atoms with E-state index in [1.165, 1.54) is 0 Å². The highest BCUT2D eigenvalue weighted by Crippen LogP contribution is 2.27. The standard InChI is InChI=1S/C14H15NO2S/c15-11-14(12-7-3-1-4-8-12)18(16,17)13-9-5-2-6-10-13/h1-10,14H,11,15H2/p+1/t14-/m0/s1. The molecule has 1 atom stereocenters. The summed E-state index contributed by atoms with van der Waals surface area (Å²) in [5, 5.41) is -0.582. The Balaban J connectivity index is 2.46. The van der Waals surface area contributed by atoms with Crippen LogP contribution in [0.4, 0.5) is 0 Å². The van der Waals surface area contributed by atoms with Crippen LogP contribution >= 0.6 is 0 Å². The fraction of sp³-hybridized carbons (Fsp3) is 0.143. The predicted molar refractivity (Wildman–Crippen MR) is 70.6 cm³/mol. The molecule has 0 aliphatic heterocycles. The third-order valence-electron chi connectivity index (χ3n) is 2.88. The zero-order chi connectivity index (χ0) is 13.0. The van der Waals surface area contributed by atoms with Crippen LogP contribution in [0.15, 0.2) is 65.6 Å². The molecular formula is C14H16NO2S+. The number of benzene rings is 2. The molecule has 0 heterocycles. The van der Waals surface area contributed by atoms with Crippen LogP contribution in [0, 0.1) is 0 Å². The lowest BCUT2D eigenvalue weighted by atomic mass is 10.1. The van der Waals surface area contributed by atoms with Gasteiger partial charge in [-0.1, -0.05) is 48.5 Å². The molecule has 4 heteroatoms. The van der Waals surface area contributed by atoms with E-state index >= 15 is 0 Å². The molecule has 3 nitrogen and oxygen atoms in total. The van der Waals surface area contributed by atoms with Gasteiger partial charge in [-0.25, -0.2) is 8.42 Å². The van der Waals surface area contributed by atoms with E-state index in [0.29, 0.717) is 11.4 Å². The van der Waals surface area contributed by atoms with Gasteiger partial charge in [0.1, 0.15) is 5.25 Å².